The molecule has 6 nitrogen and oxygen atoms in total. The quantitative estimate of drug-likeness (QED) is 0.0199. The molecule has 0 saturated heterocycles. The van der Waals surface area contributed by atoms with Gasteiger partial charge >= 0.3 is 17.9 Å². The zero-order valence-corrected chi connectivity index (χ0v) is 43.2. The van der Waals surface area contributed by atoms with E-state index in [-0.39, 0.29) is 31.1 Å². The first-order valence-corrected chi connectivity index (χ1v) is 27.6. The molecule has 0 heterocycles. The van der Waals surface area contributed by atoms with E-state index in [1.54, 1.807) is 0 Å². The molecule has 0 aromatic heterocycles. The van der Waals surface area contributed by atoms with Crippen molar-refractivity contribution in [1.82, 2.24) is 0 Å². The van der Waals surface area contributed by atoms with Crippen LogP contribution < -0.4 is 0 Å². The Bertz CT molecular complexity index is 1290. The normalized spacial score (nSPS) is 12.7. The van der Waals surface area contributed by atoms with Gasteiger partial charge in [-0.05, 0) is 89.9 Å². The molecule has 0 saturated carbocycles. The molecule has 0 bridgehead atoms. The summed E-state index contributed by atoms with van der Waals surface area (Å²) >= 11 is 0. The van der Waals surface area contributed by atoms with Gasteiger partial charge in [0.15, 0.2) is 6.10 Å². The maximum Gasteiger partial charge on any atom is 0.306 e. The Morgan fingerprint density at radius 3 is 1.09 bits per heavy atom. The van der Waals surface area contributed by atoms with Crippen molar-refractivity contribution in [1.29, 1.82) is 0 Å². The second kappa shape index (κ2) is 54.2. The van der Waals surface area contributed by atoms with Gasteiger partial charge in [0.25, 0.3) is 0 Å². The van der Waals surface area contributed by atoms with Crippen LogP contribution in [0.15, 0.2) is 85.1 Å². The molecule has 66 heavy (non-hydrogen) atoms. The third-order valence-electron chi connectivity index (χ3n) is 11.7. The molecule has 0 aliphatic carbocycles. The van der Waals surface area contributed by atoms with Crippen LogP contribution in [0.5, 0.6) is 0 Å². The van der Waals surface area contributed by atoms with E-state index in [0.717, 1.165) is 89.9 Å². The predicted molar refractivity (Wildman–Crippen MR) is 284 cm³/mol. The zero-order valence-electron chi connectivity index (χ0n) is 43.2. The van der Waals surface area contributed by atoms with Crippen molar-refractivity contribution in [3.63, 3.8) is 0 Å². The molecule has 0 aromatic carbocycles. The monoisotopic (exact) mass is 919 g/mol. The molecular weight excluding hydrogens is 817 g/mol. The smallest absolute Gasteiger partial charge is 0.306 e. The predicted octanol–water partition coefficient (Wildman–Crippen LogP) is 18.4. The van der Waals surface area contributed by atoms with Gasteiger partial charge in [-0.3, -0.25) is 14.4 Å². The zero-order chi connectivity index (χ0) is 47.9. The fourth-order valence-corrected chi connectivity index (χ4v) is 7.59. The Labute approximate surface area is 407 Å². The average molecular weight is 919 g/mol. The van der Waals surface area contributed by atoms with Gasteiger partial charge in [0.05, 0.1) is 0 Å². The number of esters is 3. The van der Waals surface area contributed by atoms with Crippen LogP contribution in [0.1, 0.15) is 258 Å². The Morgan fingerprint density at radius 2 is 0.667 bits per heavy atom. The van der Waals surface area contributed by atoms with Crippen LogP contribution in [0.25, 0.3) is 0 Å². The molecule has 0 rings (SSSR count). The van der Waals surface area contributed by atoms with Crippen molar-refractivity contribution < 1.29 is 28.6 Å². The summed E-state index contributed by atoms with van der Waals surface area (Å²) in [5.41, 5.74) is 0. The number of hydrogen-bond acceptors (Lipinski definition) is 6. The molecular formula is C60H102O6. The molecule has 0 aromatic rings. The maximum atomic E-state index is 12.8. The highest BCUT2D eigenvalue weighted by Crippen LogP contribution is 2.15. The summed E-state index contributed by atoms with van der Waals surface area (Å²) in [4.78, 5) is 38.1. The van der Waals surface area contributed by atoms with Crippen LogP contribution in [0.4, 0.5) is 0 Å². The highest BCUT2D eigenvalue weighted by atomic mass is 16.6. The summed E-state index contributed by atoms with van der Waals surface area (Å²) < 4.78 is 16.8. The third-order valence-corrected chi connectivity index (χ3v) is 11.7. The van der Waals surface area contributed by atoms with E-state index in [0.29, 0.717) is 19.3 Å². The number of carbonyl (C=O) groups is 3. The average Bonchev–Trinajstić information content (AvgIpc) is 3.31. The van der Waals surface area contributed by atoms with Crippen molar-refractivity contribution in [2.75, 3.05) is 13.2 Å². The first kappa shape index (κ1) is 62.6. The molecule has 0 spiro atoms. The number of ether oxygens (including phenoxy) is 3. The Hall–Kier alpha value is -3.41. The van der Waals surface area contributed by atoms with E-state index in [9.17, 15) is 14.4 Å². The van der Waals surface area contributed by atoms with E-state index in [1.807, 2.05) is 0 Å². The maximum absolute atomic E-state index is 12.8. The van der Waals surface area contributed by atoms with Crippen molar-refractivity contribution in [2.45, 2.75) is 264 Å². The number of allylic oxidation sites excluding steroid dienone is 14. The van der Waals surface area contributed by atoms with Gasteiger partial charge in [-0.15, -0.1) is 0 Å². The summed E-state index contributed by atoms with van der Waals surface area (Å²) in [6.45, 7) is 6.37. The van der Waals surface area contributed by atoms with Crippen LogP contribution in [0, 0.1) is 0 Å². The standard InChI is InChI=1S/C60H102O6/c1-4-7-10-13-16-19-22-25-28-29-30-31-33-35-38-41-44-47-50-53-59(62)65-56-57(55-64-58(61)52-49-46-43-40-37-34-27-24-21-18-15-12-9-6-3)66-60(63)54-51-48-45-42-39-36-32-26-23-20-17-14-11-8-5-2/h8-9,11-12,14,16-23,25,57H,4-7,10,13,15,24,26-56H2,1-3H3/b11-8-,12-9-,17-14-,19-16-,21-18-,23-20-,25-22-. The lowest BCUT2D eigenvalue weighted by atomic mass is 10.1. The van der Waals surface area contributed by atoms with Crippen molar-refractivity contribution in [3.05, 3.63) is 85.1 Å². The van der Waals surface area contributed by atoms with Gasteiger partial charge in [-0.25, -0.2) is 0 Å². The molecule has 0 amide bonds. The molecule has 0 aliphatic heterocycles. The van der Waals surface area contributed by atoms with Gasteiger partial charge in [0, 0.05) is 19.3 Å². The molecule has 1 unspecified atom stereocenters. The second-order valence-corrected chi connectivity index (χ2v) is 18.2. The summed E-state index contributed by atoms with van der Waals surface area (Å²) in [7, 11) is 0. The lowest BCUT2D eigenvalue weighted by Gasteiger charge is -2.18. The highest BCUT2D eigenvalue weighted by Gasteiger charge is 2.19. The summed E-state index contributed by atoms with van der Waals surface area (Å²) in [5.74, 6) is -0.906. The van der Waals surface area contributed by atoms with E-state index >= 15 is 0 Å². The van der Waals surface area contributed by atoms with E-state index in [2.05, 4.69) is 106 Å². The lowest BCUT2D eigenvalue weighted by molar-refractivity contribution is -0.167. The SMILES string of the molecule is CC\C=C/C=C\C=C/CCCCCCCCCC(=O)OC(COC(=O)CCCCCCCCC/C=C\C/C=C\CC)COC(=O)CCCCCCCCCCCC/C=C\C=C/CCCCC. The molecule has 0 fully saturated rings. The fourth-order valence-electron chi connectivity index (χ4n) is 7.59. The largest absolute Gasteiger partial charge is 0.462 e. The van der Waals surface area contributed by atoms with Gasteiger partial charge in [0.1, 0.15) is 13.2 Å². The van der Waals surface area contributed by atoms with Crippen LogP contribution in [-0.2, 0) is 28.6 Å². The Morgan fingerprint density at radius 1 is 0.333 bits per heavy atom. The summed E-state index contributed by atoms with van der Waals surface area (Å²) in [5, 5.41) is 0. The first-order valence-electron chi connectivity index (χ1n) is 27.6. The highest BCUT2D eigenvalue weighted by molar-refractivity contribution is 5.71. The number of rotatable bonds is 49. The van der Waals surface area contributed by atoms with Crippen LogP contribution >= 0.6 is 0 Å². The van der Waals surface area contributed by atoms with E-state index < -0.39 is 6.10 Å². The molecule has 0 aliphatic rings. The van der Waals surface area contributed by atoms with Gasteiger partial charge in [-0.2, -0.15) is 0 Å². The number of carbonyl (C=O) groups excluding carboxylic acids is 3. The first-order chi connectivity index (χ1) is 32.5. The van der Waals surface area contributed by atoms with Crippen LogP contribution in [0.2, 0.25) is 0 Å². The van der Waals surface area contributed by atoms with Crippen LogP contribution in [-0.4, -0.2) is 37.2 Å². The van der Waals surface area contributed by atoms with Crippen molar-refractivity contribution in [2.24, 2.45) is 0 Å². The van der Waals surface area contributed by atoms with Gasteiger partial charge < -0.3 is 14.2 Å². The van der Waals surface area contributed by atoms with Crippen molar-refractivity contribution in [3.8, 4) is 0 Å². The minimum absolute atomic E-state index is 0.0859. The minimum Gasteiger partial charge on any atom is -0.462 e. The van der Waals surface area contributed by atoms with E-state index in [1.165, 1.54) is 128 Å². The van der Waals surface area contributed by atoms with Crippen LogP contribution in [0.3, 0.4) is 0 Å². The fraction of sp³-hybridized carbons (Fsp3) is 0.717. The molecule has 1 atom stereocenters. The summed E-state index contributed by atoms with van der Waals surface area (Å²) in [6.07, 6.45) is 69.9. The van der Waals surface area contributed by atoms with Gasteiger partial charge in [-0.1, -0.05) is 234 Å². The number of unbranched alkanes of at least 4 members (excludes halogenated alkanes) is 27. The van der Waals surface area contributed by atoms with Crippen molar-refractivity contribution >= 4 is 17.9 Å². The topological polar surface area (TPSA) is 78.9 Å². The second-order valence-electron chi connectivity index (χ2n) is 18.2. The number of hydrogen-bond donors (Lipinski definition) is 0. The molecule has 378 valence electrons. The van der Waals surface area contributed by atoms with Gasteiger partial charge in [0.2, 0.25) is 0 Å². The minimum atomic E-state index is -0.788. The molecule has 0 radical (unpaired) electrons. The lowest BCUT2D eigenvalue weighted by Crippen LogP contribution is -2.30. The molecule has 6 heteroatoms. The summed E-state index contributed by atoms with van der Waals surface area (Å²) in [6, 6.07) is 0. The Balaban J connectivity index is 4.39. The van der Waals surface area contributed by atoms with E-state index in [4.69, 9.17) is 14.2 Å². The Kier molecular flexibility index (Phi) is 51.4. The molecule has 0 N–H and O–H groups in total. The third kappa shape index (κ3) is 51.6.